The molecule has 0 atom stereocenters. The van der Waals surface area contributed by atoms with Crippen LogP contribution in [0.25, 0.3) is 10.9 Å². The molecular weight excluding hydrogens is 394 g/mol. The van der Waals surface area contributed by atoms with Crippen LogP contribution in [-0.2, 0) is 11.3 Å². The summed E-state index contributed by atoms with van der Waals surface area (Å²) in [5.74, 6) is 3.09. The Kier molecular flexibility index (Phi) is 6.93. The lowest BCUT2D eigenvalue weighted by Gasteiger charge is -2.35. The monoisotopic (exact) mass is 421 g/mol. The maximum Gasteiger partial charge on any atom is 0.294 e. The largest absolute Gasteiger partial charge is 0.493 e. The van der Waals surface area contributed by atoms with Gasteiger partial charge in [0.1, 0.15) is 23.8 Å². The van der Waals surface area contributed by atoms with E-state index < -0.39 is 5.09 Å². The maximum absolute atomic E-state index is 10.3. The first kappa shape index (κ1) is 21.6. The van der Waals surface area contributed by atoms with E-state index in [1.165, 1.54) is 0 Å². The molecule has 0 bridgehead atoms. The van der Waals surface area contributed by atoms with Crippen LogP contribution in [-0.4, -0.2) is 80.6 Å². The predicted molar refractivity (Wildman–Crippen MR) is 110 cm³/mol. The van der Waals surface area contributed by atoms with E-state index in [4.69, 9.17) is 19.2 Å². The van der Waals surface area contributed by atoms with Crippen LogP contribution >= 0.6 is 0 Å². The Labute approximate surface area is 174 Å². The number of nitrogens with zero attached hydrogens (tertiary/aromatic N) is 5. The first-order chi connectivity index (χ1) is 14.5. The Balaban J connectivity index is 1.93. The minimum atomic E-state index is -0.759. The molecule has 0 amide bonds. The zero-order valence-electron chi connectivity index (χ0n) is 17.7. The second kappa shape index (κ2) is 9.61. The van der Waals surface area contributed by atoms with Crippen molar-refractivity contribution >= 4 is 16.7 Å². The van der Waals surface area contributed by atoms with Crippen molar-refractivity contribution < 1.29 is 24.1 Å². The lowest BCUT2D eigenvalue weighted by atomic mass is 10.1. The van der Waals surface area contributed by atoms with Crippen LogP contribution in [0.3, 0.4) is 0 Å². The number of anilines is 1. The van der Waals surface area contributed by atoms with Crippen LogP contribution in [0.5, 0.6) is 17.2 Å². The molecule has 1 aliphatic rings. The van der Waals surface area contributed by atoms with Gasteiger partial charge in [-0.2, -0.15) is 0 Å². The molecule has 164 valence electrons. The third-order valence-electron chi connectivity index (χ3n) is 5.11. The van der Waals surface area contributed by atoms with Crippen LogP contribution in [0.4, 0.5) is 5.82 Å². The molecule has 1 fully saturated rings. The highest BCUT2D eigenvalue weighted by molar-refractivity contribution is 5.97. The summed E-state index contributed by atoms with van der Waals surface area (Å²) >= 11 is 0. The van der Waals surface area contributed by atoms with E-state index in [1.54, 1.807) is 21.3 Å². The van der Waals surface area contributed by atoms with Gasteiger partial charge in [-0.05, 0) is 6.07 Å². The molecule has 1 saturated heterocycles. The molecule has 11 heteroatoms. The maximum atomic E-state index is 10.3. The Bertz CT molecular complexity index is 901. The van der Waals surface area contributed by atoms with Gasteiger partial charge in [-0.25, -0.2) is 9.97 Å². The molecule has 0 saturated carbocycles. The van der Waals surface area contributed by atoms with Crippen LogP contribution in [0, 0.1) is 10.1 Å². The number of fused-ring (bicyclic) bond motifs is 1. The fraction of sp³-hybridized carbons (Fsp3) is 0.579. The average molecular weight is 421 g/mol. The molecular formula is C19H27N5O6. The van der Waals surface area contributed by atoms with Gasteiger partial charge in [-0.3, -0.25) is 4.90 Å². The van der Waals surface area contributed by atoms with E-state index in [0.717, 1.165) is 37.4 Å². The van der Waals surface area contributed by atoms with E-state index >= 15 is 0 Å². The molecule has 3 rings (SSSR count). The molecule has 1 aromatic carbocycles. The van der Waals surface area contributed by atoms with Gasteiger partial charge in [0.25, 0.3) is 5.09 Å². The molecule has 30 heavy (non-hydrogen) atoms. The summed E-state index contributed by atoms with van der Waals surface area (Å²) in [6.45, 7) is 5.53. The quantitative estimate of drug-likeness (QED) is 0.436. The number of aromatic nitrogens is 2. The lowest BCUT2D eigenvalue weighted by molar-refractivity contribution is -0.757. The van der Waals surface area contributed by atoms with Gasteiger partial charge in [-0.1, -0.05) is 6.92 Å². The summed E-state index contributed by atoms with van der Waals surface area (Å²) < 4.78 is 16.6. The van der Waals surface area contributed by atoms with Gasteiger partial charge < -0.3 is 23.9 Å². The number of aryl methyl sites for hydroxylation is 1. The molecule has 1 aromatic heterocycles. The standard InChI is InChI=1S/C19H27N5O6/c1-5-15-20-16-13(12-14(27-2)17(28-3)18(16)29-4)19(21-15)23-8-6-22(7-9-23)10-11-30-24(25)26/h12H,5-11H2,1-4H3. The first-order valence-electron chi connectivity index (χ1n) is 9.76. The molecule has 11 nitrogen and oxygen atoms in total. The second-order valence-electron chi connectivity index (χ2n) is 6.74. The number of hydrogen-bond donors (Lipinski definition) is 0. The molecule has 0 radical (unpaired) electrons. The fourth-order valence-corrected chi connectivity index (χ4v) is 3.59. The summed E-state index contributed by atoms with van der Waals surface area (Å²) in [4.78, 5) is 28.6. The normalized spacial score (nSPS) is 14.6. The molecule has 0 unspecified atom stereocenters. The van der Waals surface area contributed by atoms with Gasteiger partial charge in [0.15, 0.2) is 11.5 Å². The third-order valence-corrected chi connectivity index (χ3v) is 5.11. The molecule has 1 aliphatic heterocycles. The van der Waals surface area contributed by atoms with Gasteiger partial charge in [0, 0.05) is 39.1 Å². The van der Waals surface area contributed by atoms with Crippen molar-refractivity contribution in [2.75, 3.05) is 65.6 Å². The number of rotatable bonds is 9. The van der Waals surface area contributed by atoms with Crippen LogP contribution in [0.15, 0.2) is 6.07 Å². The molecule has 2 heterocycles. The summed E-state index contributed by atoms with van der Waals surface area (Å²) in [5, 5.41) is 10.4. The minimum absolute atomic E-state index is 0.0671. The average Bonchev–Trinajstić information content (AvgIpc) is 2.77. The Morgan fingerprint density at radius 3 is 2.33 bits per heavy atom. The van der Waals surface area contributed by atoms with Crippen molar-refractivity contribution in [1.29, 1.82) is 0 Å². The van der Waals surface area contributed by atoms with Crippen molar-refractivity contribution in [3.05, 3.63) is 22.0 Å². The van der Waals surface area contributed by atoms with Crippen molar-refractivity contribution in [3.8, 4) is 17.2 Å². The summed E-state index contributed by atoms with van der Waals surface area (Å²) in [5.41, 5.74) is 0.679. The van der Waals surface area contributed by atoms with E-state index in [2.05, 4.69) is 19.6 Å². The molecule has 2 aromatic rings. The summed E-state index contributed by atoms with van der Waals surface area (Å²) in [6.07, 6.45) is 0.679. The number of hydrogen-bond acceptors (Lipinski definition) is 10. The van der Waals surface area contributed by atoms with E-state index in [-0.39, 0.29) is 6.61 Å². The zero-order valence-corrected chi connectivity index (χ0v) is 17.7. The highest BCUT2D eigenvalue weighted by Gasteiger charge is 2.25. The zero-order chi connectivity index (χ0) is 21.7. The van der Waals surface area contributed by atoms with Crippen molar-refractivity contribution in [1.82, 2.24) is 14.9 Å². The number of piperazine rings is 1. The van der Waals surface area contributed by atoms with Crippen LogP contribution in [0.1, 0.15) is 12.7 Å². The van der Waals surface area contributed by atoms with E-state index in [0.29, 0.717) is 41.6 Å². The van der Waals surface area contributed by atoms with Crippen molar-refractivity contribution in [2.45, 2.75) is 13.3 Å². The predicted octanol–water partition coefficient (Wildman–Crippen LogP) is 1.55. The fourth-order valence-electron chi connectivity index (χ4n) is 3.59. The minimum Gasteiger partial charge on any atom is -0.493 e. The Morgan fingerprint density at radius 2 is 1.77 bits per heavy atom. The SMILES string of the molecule is CCc1nc(N2CCN(CCO[N+](=O)[O-])CC2)c2cc(OC)c(OC)c(OC)c2n1. The smallest absolute Gasteiger partial charge is 0.294 e. The summed E-state index contributed by atoms with van der Waals surface area (Å²) in [7, 11) is 4.72. The topological polar surface area (TPSA) is 112 Å². The first-order valence-corrected chi connectivity index (χ1v) is 9.76. The lowest BCUT2D eigenvalue weighted by Crippen LogP contribution is -2.47. The van der Waals surface area contributed by atoms with Crippen molar-refractivity contribution in [3.63, 3.8) is 0 Å². The molecule has 0 N–H and O–H groups in total. The number of benzene rings is 1. The van der Waals surface area contributed by atoms with Crippen LogP contribution < -0.4 is 19.1 Å². The van der Waals surface area contributed by atoms with Gasteiger partial charge in [0.05, 0.1) is 26.7 Å². The molecule has 0 spiro atoms. The highest BCUT2D eigenvalue weighted by Crippen LogP contribution is 2.44. The second-order valence-corrected chi connectivity index (χ2v) is 6.74. The third kappa shape index (κ3) is 4.40. The highest BCUT2D eigenvalue weighted by atomic mass is 16.9. The van der Waals surface area contributed by atoms with Crippen molar-refractivity contribution in [2.24, 2.45) is 0 Å². The van der Waals surface area contributed by atoms with E-state index in [9.17, 15) is 10.1 Å². The number of methoxy groups -OCH3 is 3. The molecule has 0 aliphatic carbocycles. The Hall–Kier alpha value is -3.08. The Morgan fingerprint density at radius 1 is 1.07 bits per heavy atom. The van der Waals surface area contributed by atoms with Gasteiger partial charge in [-0.15, -0.1) is 10.1 Å². The summed E-state index contributed by atoms with van der Waals surface area (Å²) in [6, 6.07) is 1.88. The van der Waals surface area contributed by atoms with Crippen LogP contribution in [0.2, 0.25) is 0 Å². The number of ether oxygens (including phenoxy) is 3. The van der Waals surface area contributed by atoms with Gasteiger partial charge >= 0.3 is 0 Å². The van der Waals surface area contributed by atoms with Gasteiger partial charge in [0.2, 0.25) is 5.75 Å². The van der Waals surface area contributed by atoms with E-state index in [1.807, 2.05) is 13.0 Å².